The maximum Gasteiger partial charge on any atom is 0.159 e. The Hall–Kier alpha value is -3.32. The SMILES string of the molecule is CN(Cc1ccccc1)c1ncnc(N(CC#N)CC#N)c1N. The summed E-state index contributed by atoms with van der Waals surface area (Å²) in [4.78, 5) is 11.8. The lowest BCUT2D eigenvalue weighted by atomic mass is 10.2. The molecule has 0 aliphatic heterocycles. The number of nitrogen functional groups attached to an aromatic ring is 1. The molecule has 0 atom stereocenters. The molecule has 0 aliphatic carbocycles. The third-order valence-corrected chi connectivity index (χ3v) is 3.29. The summed E-state index contributed by atoms with van der Waals surface area (Å²) in [6.45, 7) is 0.714. The van der Waals surface area contributed by atoms with Gasteiger partial charge in [0.05, 0.1) is 12.1 Å². The minimum absolute atomic E-state index is 0.0383. The quantitative estimate of drug-likeness (QED) is 0.807. The Kier molecular flexibility index (Phi) is 5.32. The van der Waals surface area contributed by atoms with Crippen molar-refractivity contribution in [2.24, 2.45) is 0 Å². The number of benzene rings is 1. The van der Waals surface area contributed by atoms with Crippen molar-refractivity contribution in [3.63, 3.8) is 0 Å². The van der Waals surface area contributed by atoms with E-state index in [0.717, 1.165) is 5.56 Å². The lowest BCUT2D eigenvalue weighted by Crippen LogP contribution is -2.27. The lowest BCUT2D eigenvalue weighted by Gasteiger charge is -2.24. The van der Waals surface area contributed by atoms with Crippen LogP contribution in [0.25, 0.3) is 0 Å². The van der Waals surface area contributed by atoms with Gasteiger partial charge in [-0.3, -0.25) is 0 Å². The van der Waals surface area contributed by atoms with Crippen LogP contribution in [0, 0.1) is 22.7 Å². The molecule has 7 heteroatoms. The van der Waals surface area contributed by atoms with E-state index in [1.54, 1.807) is 0 Å². The van der Waals surface area contributed by atoms with Crippen LogP contribution in [0.4, 0.5) is 17.3 Å². The van der Waals surface area contributed by atoms with Gasteiger partial charge in [0.15, 0.2) is 11.6 Å². The predicted molar refractivity (Wildman–Crippen MR) is 88.4 cm³/mol. The standard InChI is InChI=1S/C16H17N7/c1-22(11-13-5-3-2-4-6-13)15-14(19)16(21-12-20-15)23(9-7-17)10-8-18/h2-6,12H,9-11,19H2,1H3. The Morgan fingerprint density at radius 1 is 1.04 bits per heavy atom. The maximum atomic E-state index is 8.89. The Bertz CT molecular complexity index is 714. The van der Waals surface area contributed by atoms with Gasteiger partial charge in [0.1, 0.15) is 25.1 Å². The zero-order valence-corrected chi connectivity index (χ0v) is 12.8. The number of hydrogen-bond acceptors (Lipinski definition) is 7. The van der Waals surface area contributed by atoms with Crippen molar-refractivity contribution in [3.8, 4) is 12.1 Å². The topological polar surface area (TPSA) is 106 Å². The average molecular weight is 307 g/mol. The van der Waals surface area contributed by atoms with Crippen molar-refractivity contribution in [1.82, 2.24) is 9.97 Å². The highest BCUT2D eigenvalue weighted by Crippen LogP contribution is 2.28. The highest BCUT2D eigenvalue weighted by molar-refractivity contribution is 5.75. The van der Waals surface area contributed by atoms with Gasteiger partial charge in [-0.2, -0.15) is 10.5 Å². The van der Waals surface area contributed by atoms with E-state index in [1.807, 2.05) is 54.4 Å². The van der Waals surface area contributed by atoms with Gasteiger partial charge in [0.2, 0.25) is 0 Å². The summed E-state index contributed by atoms with van der Waals surface area (Å²) >= 11 is 0. The van der Waals surface area contributed by atoms with Gasteiger partial charge < -0.3 is 15.5 Å². The zero-order valence-electron chi connectivity index (χ0n) is 12.8. The first-order chi connectivity index (χ1) is 11.2. The average Bonchev–Trinajstić information content (AvgIpc) is 2.56. The van der Waals surface area contributed by atoms with Gasteiger partial charge in [0.25, 0.3) is 0 Å². The normalized spacial score (nSPS) is 9.70. The lowest BCUT2D eigenvalue weighted by molar-refractivity contribution is 0.879. The number of rotatable bonds is 6. The fraction of sp³-hybridized carbons (Fsp3) is 0.250. The second-order valence-electron chi connectivity index (χ2n) is 4.95. The van der Waals surface area contributed by atoms with Gasteiger partial charge in [-0.05, 0) is 5.56 Å². The molecule has 0 bridgehead atoms. The second kappa shape index (κ2) is 7.62. The van der Waals surface area contributed by atoms with Gasteiger partial charge in [0, 0.05) is 13.6 Å². The number of aromatic nitrogens is 2. The fourth-order valence-corrected chi connectivity index (χ4v) is 2.24. The molecule has 0 saturated heterocycles. The molecule has 1 aromatic heterocycles. The molecule has 0 amide bonds. The number of nitriles is 2. The summed E-state index contributed by atoms with van der Waals surface area (Å²) in [5.41, 5.74) is 7.66. The van der Waals surface area contributed by atoms with Gasteiger partial charge in [-0.25, -0.2) is 9.97 Å². The highest BCUT2D eigenvalue weighted by Gasteiger charge is 2.17. The van der Waals surface area contributed by atoms with Crippen LogP contribution in [0.1, 0.15) is 5.56 Å². The number of nitrogens with zero attached hydrogens (tertiary/aromatic N) is 6. The van der Waals surface area contributed by atoms with Crippen molar-refractivity contribution in [2.45, 2.75) is 6.54 Å². The van der Waals surface area contributed by atoms with E-state index in [4.69, 9.17) is 16.3 Å². The number of nitrogens with two attached hydrogens (primary N) is 1. The summed E-state index contributed by atoms with van der Waals surface area (Å²) in [6.07, 6.45) is 1.39. The summed E-state index contributed by atoms with van der Waals surface area (Å²) in [7, 11) is 1.88. The van der Waals surface area contributed by atoms with Crippen molar-refractivity contribution in [1.29, 1.82) is 10.5 Å². The first kappa shape index (κ1) is 16.1. The first-order valence-corrected chi connectivity index (χ1v) is 7.01. The molecule has 0 unspecified atom stereocenters. The van der Waals surface area contributed by atoms with E-state index in [0.29, 0.717) is 23.9 Å². The van der Waals surface area contributed by atoms with Gasteiger partial charge in [-0.1, -0.05) is 30.3 Å². The van der Waals surface area contributed by atoms with Gasteiger partial charge >= 0.3 is 0 Å². The molecule has 116 valence electrons. The molecule has 7 nitrogen and oxygen atoms in total. The number of hydrogen-bond donors (Lipinski definition) is 1. The smallest absolute Gasteiger partial charge is 0.159 e. The molecule has 2 N–H and O–H groups in total. The van der Waals surface area contributed by atoms with Crippen molar-refractivity contribution >= 4 is 17.3 Å². The van der Waals surface area contributed by atoms with E-state index in [1.165, 1.54) is 11.2 Å². The molecular formula is C16H17N7. The van der Waals surface area contributed by atoms with Crippen LogP contribution in [0.15, 0.2) is 36.7 Å². The summed E-state index contributed by atoms with van der Waals surface area (Å²) in [6, 6.07) is 14.0. The van der Waals surface area contributed by atoms with Crippen molar-refractivity contribution in [2.75, 3.05) is 35.7 Å². The molecule has 0 saturated carbocycles. The van der Waals surface area contributed by atoms with Crippen LogP contribution >= 0.6 is 0 Å². The van der Waals surface area contributed by atoms with Gasteiger partial charge in [-0.15, -0.1) is 0 Å². The molecule has 2 rings (SSSR count). The zero-order chi connectivity index (χ0) is 16.7. The summed E-state index contributed by atoms with van der Waals surface area (Å²) in [5, 5.41) is 17.8. The Morgan fingerprint density at radius 2 is 1.65 bits per heavy atom. The predicted octanol–water partition coefficient (Wildman–Crippen LogP) is 1.55. The molecule has 0 fully saturated rings. The highest BCUT2D eigenvalue weighted by atomic mass is 15.2. The molecule has 0 aliphatic rings. The first-order valence-electron chi connectivity index (χ1n) is 7.01. The van der Waals surface area contributed by atoms with E-state index in [2.05, 4.69) is 9.97 Å². The fourth-order valence-electron chi connectivity index (χ4n) is 2.24. The largest absolute Gasteiger partial charge is 0.393 e. The van der Waals surface area contributed by atoms with E-state index < -0.39 is 0 Å². The van der Waals surface area contributed by atoms with Crippen LogP contribution < -0.4 is 15.5 Å². The van der Waals surface area contributed by atoms with Crippen LogP contribution in [-0.4, -0.2) is 30.1 Å². The molecular weight excluding hydrogens is 290 g/mol. The Balaban J connectivity index is 2.28. The van der Waals surface area contributed by atoms with Crippen LogP contribution in [0.3, 0.4) is 0 Å². The van der Waals surface area contributed by atoms with E-state index in [-0.39, 0.29) is 13.1 Å². The third-order valence-electron chi connectivity index (χ3n) is 3.29. The van der Waals surface area contributed by atoms with Crippen LogP contribution in [0.2, 0.25) is 0 Å². The minimum atomic E-state index is 0.0383. The van der Waals surface area contributed by atoms with Crippen LogP contribution in [0.5, 0.6) is 0 Å². The van der Waals surface area contributed by atoms with Crippen LogP contribution in [-0.2, 0) is 6.54 Å². The second-order valence-corrected chi connectivity index (χ2v) is 4.95. The number of anilines is 3. The summed E-state index contributed by atoms with van der Waals surface area (Å²) < 4.78 is 0. The maximum absolute atomic E-state index is 8.89. The van der Waals surface area contributed by atoms with Crippen molar-refractivity contribution in [3.05, 3.63) is 42.2 Å². The molecule has 0 radical (unpaired) electrons. The molecule has 1 aromatic carbocycles. The Morgan fingerprint density at radius 3 is 2.26 bits per heavy atom. The molecule has 23 heavy (non-hydrogen) atoms. The van der Waals surface area contributed by atoms with E-state index in [9.17, 15) is 0 Å². The van der Waals surface area contributed by atoms with Crippen molar-refractivity contribution < 1.29 is 0 Å². The third kappa shape index (κ3) is 3.86. The van der Waals surface area contributed by atoms with E-state index >= 15 is 0 Å². The molecule has 2 aromatic rings. The molecule has 1 heterocycles. The summed E-state index contributed by atoms with van der Waals surface area (Å²) in [5.74, 6) is 0.970. The monoisotopic (exact) mass is 307 g/mol. The Labute approximate surface area is 135 Å². The minimum Gasteiger partial charge on any atom is -0.393 e. The molecule has 0 spiro atoms.